The standard InChI is InChI=1S/C19H16F2N2O2/c1-12(13-7-8-14(20)15(21)11-13)23(2)19(24)10-9-18-22-16-5-3-4-6-17(16)25-18/h3-12H,1-2H3/b10-9-/t12-/m0/s1. The largest absolute Gasteiger partial charge is 0.437 e. The Balaban J connectivity index is 1.73. The Hall–Kier alpha value is -3.02. The Kier molecular flexibility index (Phi) is 4.61. The molecule has 25 heavy (non-hydrogen) atoms. The molecule has 0 unspecified atom stereocenters. The number of halogens is 2. The van der Waals surface area contributed by atoms with Gasteiger partial charge in [0.1, 0.15) is 5.52 Å². The summed E-state index contributed by atoms with van der Waals surface area (Å²) in [5.74, 6) is -1.84. The number of nitrogens with zero attached hydrogens (tertiary/aromatic N) is 2. The highest BCUT2D eigenvalue weighted by molar-refractivity contribution is 5.91. The lowest BCUT2D eigenvalue weighted by molar-refractivity contribution is -0.126. The molecule has 0 fully saturated rings. The summed E-state index contributed by atoms with van der Waals surface area (Å²) < 4.78 is 31.9. The number of hydrogen-bond donors (Lipinski definition) is 0. The topological polar surface area (TPSA) is 46.3 Å². The highest BCUT2D eigenvalue weighted by Crippen LogP contribution is 2.21. The number of amides is 1. The molecule has 0 bridgehead atoms. The zero-order chi connectivity index (χ0) is 18.0. The number of likely N-dealkylation sites (N-methyl/N-ethyl adjacent to an activating group) is 1. The van der Waals surface area contributed by atoms with Gasteiger partial charge in [0, 0.05) is 19.2 Å². The molecule has 1 heterocycles. The van der Waals surface area contributed by atoms with Gasteiger partial charge in [0.25, 0.3) is 0 Å². The van der Waals surface area contributed by atoms with E-state index in [9.17, 15) is 13.6 Å². The van der Waals surface area contributed by atoms with Crippen LogP contribution in [0.4, 0.5) is 8.78 Å². The third-order valence-electron chi connectivity index (χ3n) is 4.03. The lowest BCUT2D eigenvalue weighted by atomic mass is 10.1. The summed E-state index contributed by atoms with van der Waals surface area (Å²) in [7, 11) is 1.59. The van der Waals surface area contributed by atoms with Gasteiger partial charge in [-0.2, -0.15) is 0 Å². The predicted octanol–water partition coefficient (Wildman–Crippen LogP) is 4.34. The first-order valence-corrected chi connectivity index (χ1v) is 7.71. The van der Waals surface area contributed by atoms with Crippen molar-refractivity contribution in [2.75, 3.05) is 7.05 Å². The molecule has 0 N–H and O–H groups in total. The molecule has 1 aromatic heterocycles. The number of benzene rings is 2. The number of aromatic nitrogens is 1. The minimum absolute atomic E-state index is 0.306. The first kappa shape index (κ1) is 16.8. The third kappa shape index (κ3) is 3.57. The van der Waals surface area contributed by atoms with Crippen molar-refractivity contribution in [3.05, 3.63) is 71.6 Å². The van der Waals surface area contributed by atoms with Gasteiger partial charge >= 0.3 is 0 Å². The van der Waals surface area contributed by atoms with Crippen molar-refractivity contribution in [3.63, 3.8) is 0 Å². The molecule has 0 aliphatic carbocycles. The van der Waals surface area contributed by atoms with Crippen molar-refractivity contribution in [1.29, 1.82) is 0 Å². The minimum atomic E-state index is -0.938. The van der Waals surface area contributed by atoms with Crippen molar-refractivity contribution >= 4 is 23.1 Å². The molecule has 0 radical (unpaired) electrons. The van der Waals surface area contributed by atoms with Gasteiger partial charge in [-0.05, 0) is 36.8 Å². The Labute approximate surface area is 143 Å². The molecule has 1 amide bonds. The van der Waals surface area contributed by atoms with Crippen LogP contribution in [0.5, 0.6) is 0 Å². The van der Waals surface area contributed by atoms with Crippen molar-refractivity contribution < 1.29 is 18.0 Å². The van der Waals surface area contributed by atoms with Crippen LogP contribution in [0.3, 0.4) is 0 Å². The SMILES string of the molecule is C[C@@H](c1ccc(F)c(F)c1)N(C)C(=O)/C=C\c1nc2ccccc2o1. The molecule has 128 valence electrons. The minimum Gasteiger partial charge on any atom is -0.437 e. The summed E-state index contributed by atoms with van der Waals surface area (Å²) in [6.45, 7) is 1.73. The predicted molar refractivity (Wildman–Crippen MR) is 90.6 cm³/mol. The number of carbonyl (C=O) groups excluding carboxylic acids is 1. The van der Waals surface area contributed by atoms with Crippen LogP contribution in [0.25, 0.3) is 17.2 Å². The second-order valence-electron chi connectivity index (χ2n) is 5.65. The molecule has 1 atom stereocenters. The van der Waals surface area contributed by atoms with Gasteiger partial charge in [-0.25, -0.2) is 13.8 Å². The first-order chi connectivity index (χ1) is 12.0. The Bertz CT molecular complexity index is 917. The van der Waals surface area contributed by atoms with E-state index in [4.69, 9.17) is 4.42 Å². The van der Waals surface area contributed by atoms with E-state index in [1.807, 2.05) is 18.2 Å². The normalized spacial score (nSPS) is 12.6. The number of para-hydroxylation sites is 2. The van der Waals surface area contributed by atoms with Crippen LogP contribution in [-0.2, 0) is 4.79 Å². The van der Waals surface area contributed by atoms with Gasteiger partial charge in [0.2, 0.25) is 11.8 Å². The van der Waals surface area contributed by atoms with Crippen LogP contribution in [0.15, 0.2) is 53.0 Å². The molecular formula is C19H16F2N2O2. The van der Waals surface area contributed by atoms with Crippen LogP contribution in [0.2, 0.25) is 0 Å². The van der Waals surface area contributed by atoms with Crippen LogP contribution in [-0.4, -0.2) is 22.8 Å². The molecule has 0 saturated heterocycles. The van der Waals surface area contributed by atoms with Crippen LogP contribution in [0.1, 0.15) is 24.4 Å². The maximum atomic E-state index is 13.4. The van der Waals surface area contributed by atoms with E-state index in [0.29, 0.717) is 22.6 Å². The van der Waals surface area contributed by atoms with Gasteiger partial charge in [-0.1, -0.05) is 18.2 Å². The molecule has 3 rings (SSSR count). The molecule has 6 heteroatoms. The van der Waals surface area contributed by atoms with Gasteiger partial charge in [0.15, 0.2) is 17.2 Å². The summed E-state index contributed by atoms with van der Waals surface area (Å²) in [5, 5.41) is 0. The average molecular weight is 342 g/mol. The quantitative estimate of drug-likeness (QED) is 0.663. The molecular weight excluding hydrogens is 326 g/mol. The molecule has 0 aliphatic heterocycles. The second kappa shape index (κ2) is 6.84. The molecule has 4 nitrogen and oxygen atoms in total. The highest BCUT2D eigenvalue weighted by Gasteiger charge is 2.17. The van der Waals surface area contributed by atoms with E-state index in [1.165, 1.54) is 23.1 Å². The molecule has 3 aromatic rings. The first-order valence-electron chi connectivity index (χ1n) is 7.71. The lowest BCUT2D eigenvalue weighted by Gasteiger charge is -2.24. The summed E-state index contributed by atoms with van der Waals surface area (Å²) in [5.41, 5.74) is 1.85. The monoisotopic (exact) mass is 342 g/mol. The molecule has 0 spiro atoms. The maximum absolute atomic E-state index is 13.4. The highest BCUT2D eigenvalue weighted by atomic mass is 19.2. The summed E-state index contributed by atoms with van der Waals surface area (Å²) >= 11 is 0. The number of hydrogen-bond acceptors (Lipinski definition) is 3. The van der Waals surface area contributed by atoms with Gasteiger partial charge < -0.3 is 9.32 Å². The summed E-state index contributed by atoms with van der Waals surface area (Å²) in [6, 6.07) is 10.5. The fourth-order valence-corrected chi connectivity index (χ4v) is 2.41. The Morgan fingerprint density at radius 1 is 1.20 bits per heavy atom. The zero-order valence-electron chi connectivity index (χ0n) is 13.7. The van der Waals surface area contributed by atoms with Crippen LogP contribution in [0, 0.1) is 11.6 Å². The van der Waals surface area contributed by atoms with Gasteiger partial charge in [-0.3, -0.25) is 4.79 Å². The van der Waals surface area contributed by atoms with Crippen molar-refractivity contribution in [3.8, 4) is 0 Å². The lowest BCUT2D eigenvalue weighted by Crippen LogP contribution is -2.28. The van der Waals surface area contributed by atoms with E-state index in [1.54, 1.807) is 20.0 Å². The number of oxazole rings is 1. The maximum Gasteiger partial charge on any atom is 0.246 e. The van der Waals surface area contributed by atoms with Crippen molar-refractivity contribution in [2.24, 2.45) is 0 Å². The number of carbonyl (C=O) groups is 1. The molecule has 0 aliphatic rings. The van der Waals surface area contributed by atoms with Crippen LogP contribution < -0.4 is 0 Å². The molecule has 0 saturated carbocycles. The molecule has 2 aromatic carbocycles. The number of fused-ring (bicyclic) bond motifs is 1. The van der Waals surface area contributed by atoms with Crippen molar-refractivity contribution in [2.45, 2.75) is 13.0 Å². The second-order valence-corrected chi connectivity index (χ2v) is 5.65. The fraction of sp³-hybridized carbons (Fsp3) is 0.158. The Morgan fingerprint density at radius 3 is 2.68 bits per heavy atom. The van der Waals surface area contributed by atoms with E-state index in [-0.39, 0.29) is 5.91 Å². The smallest absolute Gasteiger partial charge is 0.246 e. The average Bonchev–Trinajstić information content (AvgIpc) is 3.03. The Morgan fingerprint density at radius 2 is 1.96 bits per heavy atom. The van der Waals surface area contributed by atoms with E-state index < -0.39 is 17.7 Å². The van der Waals surface area contributed by atoms with E-state index >= 15 is 0 Å². The van der Waals surface area contributed by atoms with Gasteiger partial charge in [0.05, 0.1) is 6.04 Å². The van der Waals surface area contributed by atoms with E-state index in [0.717, 1.165) is 12.1 Å². The van der Waals surface area contributed by atoms with E-state index in [2.05, 4.69) is 4.98 Å². The van der Waals surface area contributed by atoms with Crippen molar-refractivity contribution in [1.82, 2.24) is 9.88 Å². The summed E-state index contributed by atoms with van der Waals surface area (Å²) in [6.07, 6.45) is 2.82. The van der Waals surface area contributed by atoms with Gasteiger partial charge in [-0.15, -0.1) is 0 Å². The summed E-state index contributed by atoms with van der Waals surface area (Å²) in [4.78, 5) is 18.0. The third-order valence-corrected chi connectivity index (χ3v) is 4.03. The van der Waals surface area contributed by atoms with Crippen LogP contribution >= 0.6 is 0 Å². The fourth-order valence-electron chi connectivity index (χ4n) is 2.41. The zero-order valence-corrected chi connectivity index (χ0v) is 13.7. The number of rotatable bonds is 4.